The molecule has 6 heteroatoms. The second-order valence-electron chi connectivity index (χ2n) is 6.63. The molecular weight excluding hydrogens is 330 g/mol. The van der Waals surface area contributed by atoms with Crippen LogP contribution in [0.4, 0.5) is 0 Å². The van der Waals surface area contributed by atoms with Crippen LogP contribution in [0.2, 0.25) is 0 Å². The van der Waals surface area contributed by atoms with E-state index < -0.39 is 6.04 Å². The van der Waals surface area contributed by atoms with Crippen molar-refractivity contribution in [3.8, 4) is 0 Å². The van der Waals surface area contributed by atoms with Crippen LogP contribution in [-0.2, 0) is 0 Å². The van der Waals surface area contributed by atoms with Gasteiger partial charge in [-0.2, -0.15) is 0 Å². The van der Waals surface area contributed by atoms with E-state index in [0.717, 1.165) is 0 Å². The van der Waals surface area contributed by atoms with Gasteiger partial charge in [0.25, 0.3) is 5.91 Å². The largest absolute Gasteiger partial charge is 0.450 e. The second-order valence-corrected chi connectivity index (χ2v) is 6.63. The predicted molar refractivity (Wildman–Crippen MR) is 98.2 cm³/mol. The Morgan fingerprint density at radius 2 is 1.88 bits per heavy atom. The number of pyridine rings is 1. The molecule has 1 aromatic carbocycles. The lowest BCUT2D eigenvalue weighted by atomic mass is 10.0. The minimum atomic E-state index is -0.528. The van der Waals surface area contributed by atoms with Gasteiger partial charge in [-0.3, -0.25) is 14.6 Å². The lowest BCUT2D eigenvalue weighted by Crippen LogP contribution is -2.35. The van der Waals surface area contributed by atoms with Crippen LogP contribution >= 0.6 is 0 Å². The molecule has 0 saturated carbocycles. The van der Waals surface area contributed by atoms with Gasteiger partial charge in [-0.15, -0.1) is 0 Å². The van der Waals surface area contributed by atoms with Gasteiger partial charge in [-0.1, -0.05) is 18.2 Å². The molecule has 1 amide bonds. The Balaban J connectivity index is 1.93. The average molecular weight is 349 g/mol. The Bertz CT molecular complexity index is 1030. The summed E-state index contributed by atoms with van der Waals surface area (Å²) in [5.74, 6) is -0.136. The molecule has 1 aliphatic rings. The summed E-state index contributed by atoms with van der Waals surface area (Å²) in [4.78, 5) is 34.3. The highest BCUT2D eigenvalue weighted by molar-refractivity contribution is 5.98. The third-order valence-electron chi connectivity index (χ3n) is 4.63. The van der Waals surface area contributed by atoms with Crippen LogP contribution in [0, 0.1) is 0 Å². The Labute approximate surface area is 150 Å². The van der Waals surface area contributed by atoms with Crippen molar-refractivity contribution < 1.29 is 9.21 Å². The monoisotopic (exact) mass is 349 g/mol. The summed E-state index contributed by atoms with van der Waals surface area (Å²) in [6.45, 7) is 1.16. The standard InChI is InChI=1S/C20H19N3O3/c1-22(2)11-12-23-17(14-8-5-6-10-21-14)16-18(24)13-7-3-4-9-15(13)26-19(16)20(23)25/h3-10,17H,11-12H2,1-2H3. The predicted octanol–water partition coefficient (Wildman–Crippen LogP) is 2.29. The third kappa shape index (κ3) is 2.59. The number of fused-ring (bicyclic) bond motifs is 2. The first-order valence-electron chi connectivity index (χ1n) is 8.50. The summed E-state index contributed by atoms with van der Waals surface area (Å²) in [6.07, 6.45) is 1.67. The average Bonchev–Trinajstić information content (AvgIpc) is 2.93. The van der Waals surface area contributed by atoms with Gasteiger partial charge >= 0.3 is 0 Å². The van der Waals surface area contributed by atoms with Gasteiger partial charge < -0.3 is 14.2 Å². The summed E-state index contributed by atoms with van der Waals surface area (Å²) >= 11 is 0. The summed E-state index contributed by atoms with van der Waals surface area (Å²) in [6, 6.07) is 12.0. The van der Waals surface area contributed by atoms with E-state index in [2.05, 4.69) is 4.98 Å². The number of hydrogen-bond donors (Lipinski definition) is 0. The number of para-hydroxylation sites is 1. The van der Waals surface area contributed by atoms with Gasteiger partial charge in [0.15, 0.2) is 5.43 Å². The molecule has 26 heavy (non-hydrogen) atoms. The van der Waals surface area contributed by atoms with Crippen LogP contribution in [0.1, 0.15) is 27.9 Å². The number of carbonyl (C=O) groups excluding carboxylic acids is 1. The third-order valence-corrected chi connectivity index (χ3v) is 4.63. The summed E-state index contributed by atoms with van der Waals surface area (Å²) in [5, 5.41) is 0.481. The number of carbonyl (C=O) groups is 1. The molecule has 3 heterocycles. The molecule has 0 aliphatic carbocycles. The van der Waals surface area contributed by atoms with Crippen LogP contribution in [0.5, 0.6) is 0 Å². The van der Waals surface area contributed by atoms with Crippen molar-refractivity contribution in [2.45, 2.75) is 6.04 Å². The Morgan fingerprint density at radius 3 is 2.62 bits per heavy atom. The molecule has 0 fully saturated rings. The number of aromatic nitrogens is 1. The maximum Gasteiger partial charge on any atom is 0.291 e. The fraction of sp³-hybridized carbons (Fsp3) is 0.250. The van der Waals surface area contributed by atoms with Gasteiger partial charge in [0.05, 0.1) is 16.6 Å². The number of amides is 1. The van der Waals surface area contributed by atoms with E-state index in [0.29, 0.717) is 35.3 Å². The molecule has 1 unspecified atom stereocenters. The molecule has 1 atom stereocenters. The van der Waals surface area contributed by atoms with Crippen molar-refractivity contribution in [2.24, 2.45) is 0 Å². The van der Waals surface area contributed by atoms with Crippen LogP contribution in [0.25, 0.3) is 11.0 Å². The maximum absolute atomic E-state index is 13.2. The number of likely N-dealkylation sites (N-methyl/N-ethyl adjacent to an activating group) is 1. The van der Waals surface area contributed by atoms with Crippen LogP contribution in [0.15, 0.2) is 57.9 Å². The van der Waals surface area contributed by atoms with Gasteiger partial charge in [0.1, 0.15) is 11.6 Å². The smallest absolute Gasteiger partial charge is 0.291 e. The molecule has 0 saturated heterocycles. The molecule has 4 rings (SSSR count). The van der Waals surface area contributed by atoms with Crippen molar-refractivity contribution in [1.29, 1.82) is 0 Å². The highest BCUT2D eigenvalue weighted by atomic mass is 16.3. The first-order valence-corrected chi connectivity index (χ1v) is 8.50. The molecule has 0 spiro atoms. The van der Waals surface area contributed by atoms with Gasteiger partial charge in [0.2, 0.25) is 5.76 Å². The molecular formula is C20H19N3O3. The number of rotatable bonds is 4. The topological polar surface area (TPSA) is 66.7 Å². The lowest BCUT2D eigenvalue weighted by Gasteiger charge is -2.25. The van der Waals surface area contributed by atoms with E-state index in [4.69, 9.17) is 4.42 Å². The maximum atomic E-state index is 13.2. The van der Waals surface area contributed by atoms with E-state index in [1.165, 1.54) is 0 Å². The molecule has 0 radical (unpaired) electrons. The molecule has 2 aromatic heterocycles. The molecule has 132 valence electrons. The van der Waals surface area contributed by atoms with Gasteiger partial charge in [-0.05, 0) is 38.4 Å². The first-order chi connectivity index (χ1) is 12.6. The molecule has 6 nitrogen and oxygen atoms in total. The summed E-state index contributed by atoms with van der Waals surface area (Å²) in [5.41, 5.74) is 1.31. The summed E-state index contributed by atoms with van der Waals surface area (Å²) in [7, 11) is 3.89. The molecule has 0 N–H and O–H groups in total. The highest BCUT2D eigenvalue weighted by Crippen LogP contribution is 2.36. The van der Waals surface area contributed by atoms with Crippen LogP contribution in [0.3, 0.4) is 0 Å². The molecule has 0 bridgehead atoms. The Kier molecular flexibility index (Phi) is 4.05. The van der Waals surface area contributed by atoms with E-state index in [1.54, 1.807) is 35.4 Å². The quantitative estimate of drug-likeness (QED) is 0.723. The Hall–Kier alpha value is -2.99. The summed E-state index contributed by atoms with van der Waals surface area (Å²) < 4.78 is 5.85. The second kappa shape index (κ2) is 6.38. The fourth-order valence-corrected chi connectivity index (χ4v) is 3.35. The minimum Gasteiger partial charge on any atom is -0.450 e. The van der Waals surface area contributed by atoms with Crippen molar-refractivity contribution in [3.63, 3.8) is 0 Å². The fourth-order valence-electron chi connectivity index (χ4n) is 3.35. The highest BCUT2D eigenvalue weighted by Gasteiger charge is 2.43. The van der Waals surface area contributed by atoms with Crippen molar-refractivity contribution >= 4 is 16.9 Å². The number of hydrogen-bond acceptors (Lipinski definition) is 5. The SMILES string of the molecule is CN(C)CCN1C(=O)c2oc3ccccc3c(=O)c2C1c1ccccn1. The number of benzene rings is 1. The van der Waals surface area contributed by atoms with Gasteiger partial charge in [-0.25, -0.2) is 0 Å². The Morgan fingerprint density at radius 1 is 1.12 bits per heavy atom. The minimum absolute atomic E-state index is 0.128. The molecule has 3 aromatic rings. The van der Waals surface area contributed by atoms with Crippen molar-refractivity contribution in [2.75, 3.05) is 27.2 Å². The number of nitrogens with zero attached hydrogens (tertiary/aromatic N) is 3. The molecule has 1 aliphatic heterocycles. The van der Waals surface area contributed by atoms with Crippen LogP contribution in [-0.4, -0.2) is 47.9 Å². The van der Waals surface area contributed by atoms with Crippen molar-refractivity contribution in [3.05, 3.63) is 75.9 Å². The van der Waals surface area contributed by atoms with E-state index in [9.17, 15) is 9.59 Å². The lowest BCUT2D eigenvalue weighted by molar-refractivity contribution is 0.0714. The van der Waals surface area contributed by atoms with E-state index in [-0.39, 0.29) is 17.1 Å². The normalized spacial score (nSPS) is 16.5. The zero-order valence-electron chi connectivity index (χ0n) is 14.7. The van der Waals surface area contributed by atoms with E-state index >= 15 is 0 Å². The van der Waals surface area contributed by atoms with E-state index in [1.807, 2.05) is 37.2 Å². The zero-order valence-corrected chi connectivity index (χ0v) is 14.7. The zero-order chi connectivity index (χ0) is 18.3. The first kappa shape index (κ1) is 16.5. The van der Waals surface area contributed by atoms with Crippen molar-refractivity contribution in [1.82, 2.24) is 14.8 Å². The van der Waals surface area contributed by atoms with Gasteiger partial charge in [0, 0.05) is 19.3 Å². The van der Waals surface area contributed by atoms with Crippen LogP contribution < -0.4 is 5.43 Å².